The van der Waals surface area contributed by atoms with Gasteiger partial charge in [-0.05, 0) is 43.5 Å². The monoisotopic (exact) mass is 337 g/mol. The lowest BCUT2D eigenvalue weighted by Crippen LogP contribution is -2.45. The Morgan fingerprint density at radius 2 is 2.00 bits per heavy atom. The summed E-state index contributed by atoms with van der Waals surface area (Å²) in [4.78, 5) is 25.3. The van der Waals surface area contributed by atoms with Crippen molar-refractivity contribution in [2.45, 2.75) is 37.1 Å². The third-order valence-electron chi connectivity index (χ3n) is 4.13. The molecule has 0 spiro atoms. The summed E-state index contributed by atoms with van der Waals surface area (Å²) in [6.45, 7) is 2.91. The minimum absolute atomic E-state index is 0.0637. The van der Waals surface area contributed by atoms with E-state index in [4.69, 9.17) is 0 Å². The van der Waals surface area contributed by atoms with Crippen molar-refractivity contribution in [3.8, 4) is 0 Å². The van der Waals surface area contributed by atoms with Gasteiger partial charge in [-0.1, -0.05) is 0 Å². The van der Waals surface area contributed by atoms with Crippen LogP contribution in [0, 0.1) is 0 Å². The van der Waals surface area contributed by atoms with E-state index in [-0.39, 0.29) is 23.1 Å². The maximum Gasteiger partial charge on any atom is 0.241 e. The number of fused-ring (bicyclic) bond motifs is 1. The molecule has 7 nitrogen and oxygen atoms in total. The summed E-state index contributed by atoms with van der Waals surface area (Å²) in [5.74, 6) is -0.357. The van der Waals surface area contributed by atoms with Gasteiger partial charge < -0.3 is 10.2 Å². The van der Waals surface area contributed by atoms with E-state index in [1.54, 1.807) is 17.9 Å². The second-order valence-corrected chi connectivity index (χ2v) is 7.63. The van der Waals surface area contributed by atoms with Crippen molar-refractivity contribution in [3.05, 3.63) is 23.8 Å². The quantitative estimate of drug-likeness (QED) is 0.835. The molecule has 1 fully saturated rings. The molecular weight excluding hydrogens is 318 g/mol. The lowest BCUT2D eigenvalue weighted by Gasteiger charge is -2.21. The SMILES string of the molecule is C[C@H](NS(=O)(=O)c1ccc2c(c1)CC(=O)N2)C(=O)N1CCCC1. The van der Waals surface area contributed by atoms with E-state index in [2.05, 4.69) is 10.0 Å². The Bertz CT molecular complexity index is 754. The molecule has 2 amide bonds. The Morgan fingerprint density at radius 3 is 2.70 bits per heavy atom. The normalized spacial score (nSPS) is 18.7. The van der Waals surface area contributed by atoms with E-state index in [0.29, 0.717) is 24.3 Å². The molecule has 124 valence electrons. The Balaban J connectivity index is 1.75. The molecule has 0 saturated carbocycles. The average molecular weight is 337 g/mol. The fourth-order valence-corrected chi connectivity index (χ4v) is 4.18. The molecule has 23 heavy (non-hydrogen) atoms. The second kappa shape index (κ2) is 5.93. The van der Waals surface area contributed by atoms with Crippen molar-refractivity contribution in [3.63, 3.8) is 0 Å². The van der Waals surface area contributed by atoms with E-state index < -0.39 is 16.1 Å². The summed E-state index contributed by atoms with van der Waals surface area (Å²) in [5.41, 5.74) is 1.28. The minimum atomic E-state index is -3.81. The number of nitrogens with zero attached hydrogens (tertiary/aromatic N) is 1. The summed E-state index contributed by atoms with van der Waals surface area (Å²) in [6, 6.07) is 3.66. The van der Waals surface area contributed by atoms with Crippen molar-refractivity contribution in [2.24, 2.45) is 0 Å². The zero-order valence-corrected chi connectivity index (χ0v) is 13.6. The first-order chi connectivity index (χ1) is 10.9. The standard InChI is InChI=1S/C15H19N3O4S/c1-10(15(20)18-6-2-3-7-18)17-23(21,22)12-4-5-13-11(8-12)9-14(19)16-13/h4-5,8,10,17H,2-3,6-7,9H2,1H3,(H,16,19)/t10-/m0/s1. The van der Waals surface area contributed by atoms with Gasteiger partial charge in [-0.15, -0.1) is 0 Å². The molecule has 0 radical (unpaired) electrons. The molecular formula is C15H19N3O4S. The van der Waals surface area contributed by atoms with E-state index in [9.17, 15) is 18.0 Å². The summed E-state index contributed by atoms with van der Waals surface area (Å²) in [5, 5.41) is 2.66. The highest BCUT2D eigenvalue weighted by Gasteiger charge is 2.28. The van der Waals surface area contributed by atoms with E-state index >= 15 is 0 Å². The van der Waals surface area contributed by atoms with Crippen LogP contribution in [0.4, 0.5) is 5.69 Å². The van der Waals surface area contributed by atoms with Crippen LogP contribution in [0.5, 0.6) is 0 Å². The van der Waals surface area contributed by atoms with Crippen LogP contribution in [0.2, 0.25) is 0 Å². The molecule has 2 heterocycles. The van der Waals surface area contributed by atoms with Gasteiger partial charge in [-0.3, -0.25) is 9.59 Å². The van der Waals surface area contributed by atoms with Gasteiger partial charge in [0.25, 0.3) is 0 Å². The highest BCUT2D eigenvalue weighted by molar-refractivity contribution is 7.89. The molecule has 1 atom stereocenters. The smallest absolute Gasteiger partial charge is 0.241 e. The maximum absolute atomic E-state index is 12.5. The topological polar surface area (TPSA) is 95.6 Å². The molecule has 3 rings (SSSR count). The Hall–Kier alpha value is -1.93. The number of carbonyl (C=O) groups excluding carboxylic acids is 2. The minimum Gasteiger partial charge on any atom is -0.341 e. The van der Waals surface area contributed by atoms with Crippen molar-refractivity contribution in [2.75, 3.05) is 18.4 Å². The third kappa shape index (κ3) is 3.23. The van der Waals surface area contributed by atoms with Crippen molar-refractivity contribution in [1.29, 1.82) is 0 Å². The van der Waals surface area contributed by atoms with Crippen LogP contribution in [-0.2, 0) is 26.0 Å². The Kier molecular flexibility index (Phi) is 4.11. The van der Waals surface area contributed by atoms with Crippen LogP contribution in [0.1, 0.15) is 25.3 Å². The van der Waals surface area contributed by atoms with Crippen LogP contribution in [0.15, 0.2) is 23.1 Å². The van der Waals surface area contributed by atoms with Crippen molar-refractivity contribution in [1.82, 2.24) is 9.62 Å². The van der Waals surface area contributed by atoms with Gasteiger partial charge in [0.1, 0.15) is 0 Å². The molecule has 0 unspecified atom stereocenters. The number of rotatable bonds is 4. The fraction of sp³-hybridized carbons (Fsp3) is 0.467. The Labute approximate surface area is 135 Å². The summed E-state index contributed by atoms with van der Waals surface area (Å²) >= 11 is 0. The van der Waals surface area contributed by atoms with Crippen molar-refractivity contribution < 1.29 is 18.0 Å². The van der Waals surface area contributed by atoms with Gasteiger partial charge in [-0.25, -0.2) is 8.42 Å². The van der Waals surface area contributed by atoms with Crippen LogP contribution in [0.25, 0.3) is 0 Å². The lowest BCUT2D eigenvalue weighted by molar-refractivity contribution is -0.131. The molecule has 8 heteroatoms. The third-order valence-corrected chi connectivity index (χ3v) is 5.67. The van der Waals surface area contributed by atoms with Crippen LogP contribution in [0.3, 0.4) is 0 Å². The summed E-state index contributed by atoms with van der Waals surface area (Å²) in [7, 11) is -3.81. The van der Waals surface area contributed by atoms with Gasteiger partial charge in [0, 0.05) is 18.8 Å². The molecule has 0 aromatic heterocycles. The number of nitrogens with one attached hydrogen (secondary N) is 2. The first-order valence-corrected chi connectivity index (χ1v) is 9.09. The predicted molar refractivity (Wildman–Crippen MR) is 84.4 cm³/mol. The first-order valence-electron chi connectivity index (χ1n) is 7.61. The first kappa shape index (κ1) is 15.9. The molecule has 2 aliphatic heterocycles. The Morgan fingerprint density at radius 1 is 1.30 bits per heavy atom. The van der Waals surface area contributed by atoms with Crippen LogP contribution in [-0.4, -0.2) is 44.3 Å². The van der Waals surface area contributed by atoms with Gasteiger partial charge in [0.15, 0.2) is 0 Å². The molecule has 0 aliphatic carbocycles. The number of sulfonamides is 1. The molecule has 2 N–H and O–H groups in total. The summed E-state index contributed by atoms with van der Waals surface area (Å²) < 4.78 is 27.3. The number of benzene rings is 1. The number of likely N-dealkylation sites (tertiary alicyclic amines) is 1. The number of anilines is 1. The zero-order chi connectivity index (χ0) is 16.6. The number of amides is 2. The van der Waals surface area contributed by atoms with E-state index in [1.165, 1.54) is 12.1 Å². The molecule has 0 bridgehead atoms. The molecule has 2 aliphatic rings. The second-order valence-electron chi connectivity index (χ2n) is 5.92. The number of hydrogen-bond donors (Lipinski definition) is 2. The fourth-order valence-electron chi connectivity index (χ4n) is 2.94. The number of carbonyl (C=O) groups is 2. The van der Waals surface area contributed by atoms with E-state index in [1.807, 2.05) is 0 Å². The average Bonchev–Trinajstić information content (AvgIpc) is 3.13. The zero-order valence-electron chi connectivity index (χ0n) is 12.8. The highest BCUT2D eigenvalue weighted by Crippen LogP contribution is 2.25. The summed E-state index contributed by atoms with van der Waals surface area (Å²) in [6.07, 6.45) is 2.08. The lowest BCUT2D eigenvalue weighted by atomic mass is 10.2. The van der Waals surface area contributed by atoms with Gasteiger partial charge in [0.2, 0.25) is 21.8 Å². The largest absolute Gasteiger partial charge is 0.341 e. The van der Waals surface area contributed by atoms with Crippen molar-refractivity contribution >= 4 is 27.5 Å². The molecule has 1 aromatic rings. The predicted octanol–water partition coefficient (Wildman–Crippen LogP) is 0.470. The van der Waals surface area contributed by atoms with Gasteiger partial charge in [0.05, 0.1) is 17.4 Å². The van der Waals surface area contributed by atoms with E-state index in [0.717, 1.165) is 12.8 Å². The number of hydrogen-bond acceptors (Lipinski definition) is 4. The highest BCUT2D eigenvalue weighted by atomic mass is 32.2. The van der Waals surface area contributed by atoms with Crippen LogP contribution >= 0.6 is 0 Å². The van der Waals surface area contributed by atoms with Gasteiger partial charge in [-0.2, -0.15) is 4.72 Å². The van der Waals surface area contributed by atoms with Gasteiger partial charge >= 0.3 is 0 Å². The molecule has 1 saturated heterocycles. The maximum atomic E-state index is 12.5. The van der Waals surface area contributed by atoms with Crippen LogP contribution < -0.4 is 10.0 Å². The molecule has 1 aromatic carbocycles.